The van der Waals surface area contributed by atoms with Gasteiger partial charge in [-0.05, 0) is 99.9 Å². The van der Waals surface area contributed by atoms with E-state index in [-0.39, 0.29) is 91.1 Å². The summed E-state index contributed by atoms with van der Waals surface area (Å²) in [6.07, 6.45) is -7.83. The molecule has 3 aliphatic heterocycles. The number of carboxylic acids is 1. The summed E-state index contributed by atoms with van der Waals surface area (Å²) >= 11 is 6.55. The summed E-state index contributed by atoms with van der Waals surface area (Å²) in [5, 5.41) is 72.1. The fourth-order valence-electron chi connectivity index (χ4n) is 11.8. The Balaban J connectivity index is 1.18. The number of hydrogen-bond acceptors (Lipinski definition) is 20. The van der Waals surface area contributed by atoms with Gasteiger partial charge in [-0.25, -0.2) is 4.79 Å². The maximum atomic E-state index is 14.5. The lowest BCUT2D eigenvalue weighted by molar-refractivity contribution is -0.318. The Bertz CT molecular complexity index is 2500. The van der Waals surface area contributed by atoms with E-state index in [2.05, 4.69) is 5.16 Å². The number of cyclic esters (lactones) is 1. The number of esters is 2. The van der Waals surface area contributed by atoms with Crippen LogP contribution in [0.1, 0.15) is 131 Å². The van der Waals surface area contributed by atoms with Crippen LogP contribution >= 0.6 is 11.6 Å². The Kier molecular flexibility index (Phi) is 20.9. The molecule has 23 heteroatoms. The number of rotatable bonds is 17. The maximum Gasteiger partial charge on any atom is 0.341 e. The van der Waals surface area contributed by atoms with Crippen molar-refractivity contribution in [3.8, 4) is 5.75 Å². The summed E-state index contributed by atoms with van der Waals surface area (Å²) in [7, 11) is 5.11. The maximum absolute atomic E-state index is 14.5. The van der Waals surface area contributed by atoms with Crippen molar-refractivity contribution in [1.82, 2.24) is 9.47 Å². The first-order valence-corrected chi connectivity index (χ1v) is 27.5. The van der Waals surface area contributed by atoms with Crippen LogP contribution in [0.5, 0.6) is 5.75 Å². The van der Waals surface area contributed by atoms with Gasteiger partial charge in [0.1, 0.15) is 41.3 Å². The molecule has 78 heavy (non-hydrogen) atoms. The number of fused-ring (bicyclic) bond motifs is 1. The van der Waals surface area contributed by atoms with Crippen LogP contribution in [-0.4, -0.2) is 189 Å². The van der Waals surface area contributed by atoms with Crippen LogP contribution in [0.15, 0.2) is 28.3 Å². The Morgan fingerprint density at radius 1 is 0.936 bits per heavy atom. The molecule has 6 rings (SSSR count). The number of carbonyl (C=O) groups is 3. The number of nitrogens with zero attached hydrogens (tertiary/aromatic N) is 3. The van der Waals surface area contributed by atoms with E-state index in [9.17, 15) is 49.9 Å². The molecule has 3 saturated heterocycles. The lowest BCUT2D eigenvalue weighted by atomic mass is 9.73. The van der Waals surface area contributed by atoms with Crippen molar-refractivity contribution < 1.29 is 87.8 Å². The SMILES string of the molecule is CC[C@H]1OC(=O)[C@H](C)C(O[C@H]2C[C@@](C)(OC)[C@@H](OC(=O)CCOCCOc3cc4c(=O)c(C(=O)O)cn(C5CC5)c4cc3Cl)[C@H](C)O2)[C@H](C)[C@@H](O[C@@H]2O[C@H](C)C[C@H](N(C)C)[C@H]2O)[C@](C)(O)C[C@@H](C)/C(=N\O)[C@H](C)[C@H](O)[C@]1(C)O. The molecule has 4 fully saturated rings. The summed E-state index contributed by atoms with van der Waals surface area (Å²) < 4.78 is 57.7. The minimum atomic E-state index is -2.04. The van der Waals surface area contributed by atoms with Gasteiger partial charge in [-0.1, -0.05) is 44.5 Å². The van der Waals surface area contributed by atoms with Gasteiger partial charge in [0.2, 0.25) is 5.43 Å². The van der Waals surface area contributed by atoms with E-state index in [1.807, 2.05) is 25.9 Å². The zero-order valence-electron chi connectivity index (χ0n) is 47.3. The molecule has 18 atom stereocenters. The molecule has 1 unspecified atom stereocenters. The molecule has 0 bridgehead atoms. The van der Waals surface area contributed by atoms with Crippen molar-refractivity contribution in [3.63, 3.8) is 0 Å². The Morgan fingerprint density at radius 2 is 1.62 bits per heavy atom. The average molecular weight is 1130 g/mol. The zero-order chi connectivity index (χ0) is 57.9. The van der Waals surface area contributed by atoms with Crippen LogP contribution in [-0.2, 0) is 47.5 Å². The summed E-state index contributed by atoms with van der Waals surface area (Å²) in [6.45, 7) is 16.3. The molecule has 0 spiro atoms. The van der Waals surface area contributed by atoms with Crippen LogP contribution in [0.4, 0.5) is 0 Å². The quantitative estimate of drug-likeness (QED) is 0.0521. The molecule has 0 radical (unpaired) electrons. The molecule has 440 valence electrons. The molecule has 4 heterocycles. The van der Waals surface area contributed by atoms with Gasteiger partial charge in [-0.3, -0.25) is 14.4 Å². The Morgan fingerprint density at radius 3 is 2.22 bits per heavy atom. The van der Waals surface area contributed by atoms with Gasteiger partial charge < -0.3 is 82.8 Å². The van der Waals surface area contributed by atoms with Crippen molar-refractivity contribution in [2.75, 3.05) is 41.0 Å². The second-order valence-electron chi connectivity index (χ2n) is 22.9. The average Bonchev–Trinajstić information content (AvgIpc) is 4.32. The minimum Gasteiger partial charge on any atom is -0.490 e. The summed E-state index contributed by atoms with van der Waals surface area (Å²) in [4.78, 5) is 54.8. The fourth-order valence-corrected chi connectivity index (χ4v) is 12.0. The van der Waals surface area contributed by atoms with E-state index in [0.717, 1.165) is 12.8 Å². The number of ether oxygens (including phenoxy) is 9. The molecule has 22 nitrogen and oxygen atoms in total. The van der Waals surface area contributed by atoms with Gasteiger partial charge in [-0.15, -0.1) is 0 Å². The molecule has 6 N–H and O–H groups in total. The van der Waals surface area contributed by atoms with Gasteiger partial charge in [0.15, 0.2) is 18.7 Å². The summed E-state index contributed by atoms with van der Waals surface area (Å²) in [6, 6.07) is 2.70. The van der Waals surface area contributed by atoms with Crippen LogP contribution in [0.3, 0.4) is 0 Å². The lowest BCUT2D eigenvalue weighted by Gasteiger charge is -2.49. The largest absolute Gasteiger partial charge is 0.490 e. The molecule has 1 aromatic carbocycles. The number of carbonyl (C=O) groups excluding carboxylic acids is 2. The standard InChI is InChI=1S/C55H84ClN3O19/c1-14-40-55(10,68)47(63)29(4)43(57-69)27(2)24-53(8,67)48(78-52-45(62)38(58(11)12)21-28(3)73-52)30(5)46(31(6)51(66)75-40)77-42-25-54(9,70-13)49(32(7)74-42)76-41(60)17-18-71-19-20-72-39-22-34-37(23-36(39)56)59(33-15-16-33)26-35(44(34)61)50(64)65/h22-23,26-33,38,40,42,45-49,52,62-63,67-69H,14-21,24-25H2,1-13H3,(H,64,65)/b57-43+/t27-,28-,29+,30+,31-,32+,38+,40-,42+,45-,46?,47+,48-,49+,52+,53-,54-,55-/m1/s1. The number of halogens is 1. The second-order valence-corrected chi connectivity index (χ2v) is 23.3. The molecule has 1 aromatic heterocycles. The number of oxime groups is 1. The van der Waals surface area contributed by atoms with Crippen LogP contribution in [0.2, 0.25) is 5.02 Å². The number of aromatic carboxylic acids is 1. The Labute approximate surface area is 461 Å². The van der Waals surface area contributed by atoms with E-state index in [1.165, 1.54) is 33.2 Å². The van der Waals surface area contributed by atoms with E-state index in [1.54, 1.807) is 59.1 Å². The monoisotopic (exact) mass is 1130 g/mol. The molecule has 2 aromatic rings. The highest BCUT2D eigenvalue weighted by Gasteiger charge is 2.54. The highest BCUT2D eigenvalue weighted by atomic mass is 35.5. The number of methoxy groups -OCH3 is 1. The molecule has 1 aliphatic carbocycles. The number of benzene rings is 1. The summed E-state index contributed by atoms with van der Waals surface area (Å²) in [5.74, 6) is -6.45. The van der Waals surface area contributed by atoms with Gasteiger partial charge >= 0.3 is 17.9 Å². The number of aromatic nitrogens is 1. The van der Waals surface area contributed by atoms with Crippen LogP contribution in [0.25, 0.3) is 10.9 Å². The van der Waals surface area contributed by atoms with Crippen molar-refractivity contribution in [2.24, 2.45) is 28.8 Å². The van der Waals surface area contributed by atoms with Gasteiger partial charge in [0.05, 0.1) is 83.3 Å². The van der Waals surface area contributed by atoms with Crippen molar-refractivity contribution in [1.29, 1.82) is 0 Å². The topological polar surface area (TPSA) is 293 Å². The fraction of sp³-hybridized carbons (Fsp3) is 0.764. The number of aliphatic hydroxyl groups is 4. The van der Waals surface area contributed by atoms with Crippen molar-refractivity contribution in [3.05, 3.63) is 39.1 Å². The smallest absolute Gasteiger partial charge is 0.341 e. The van der Waals surface area contributed by atoms with Gasteiger partial charge in [0.25, 0.3) is 0 Å². The summed E-state index contributed by atoms with van der Waals surface area (Å²) in [5.41, 5.74) is -5.56. The van der Waals surface area contributed by atoms with Crippen molar-refractivity contribution >= 4 is 46.1 Å². The third-order valence-electron chi connectivity index (χ3n) is 16.4. The highest BCUT2D eigenvalue weighted by Crippen LogP contribution is 2.43. The van der Waals surface area contributed by atoms with Crippen LogP contribution < -0.4 is 10.2 Å². The number of pyridine rings is 1. The number of carboxylic acid groups (broad SMARTS) is 1. The van der Waals surface area contributed by atoms with Crippen molar-refractivity contribution in [2.45, 2.75) is 204 Å². The van der Waals surface area contributed by atoms with E-state index >= 15 is 0 Å². The molecule has 1 saturated carbocycles. The lowest BCUT2D eigenvalue weighted by Crippen LogP contribution is -2.61. The first-order chi connectivity index (χ1) is 36.5. The second kappa shape index (κ2) is 25.8. The number of hydrogen-bond donors (Lipinski definition) is 6. The normalized spacial score (nSPS) is 38.0. The third-order valence-corrected chi connectivity index (χ3v) is 16.7. The molecule has 4 aliphatic rings. The van der Waals surface area contributed by atoms with Gasteiger partial charge in [0, 0.05) is 49.6 Å². The number of aliphatic hydroxyl groups excluding tert-OH is 2. The van der Waals surface area contributed by atoms with Crippen LogP contribution in [0, 0.1) is 23.7 Å². The number of likely N-dealkylation sites (N-methyl/N-ethyl adjacent to an activating group) is 1. The Hall–Kier alpha value is -4.04. The zero-order valence-corrected chi connectivity index (χ0v) is 48.0. The molecular formula is C55H84ClN3O19. The van der Waals surface area contributed by atoms with E-state index in [4.69, 9.17) is 54.2 Å². The first kappa shape index (κ1) is 63.1. The predicted octanol–water partition coefficient (Wildman–Crippen LogP) is 5.08. The first-order valence-electron chi connectivity index (χ1n) is 27.1. The molecule has 0 amide bonds. The highest BCUT2D eigenvalue weighted by molar-refractivity contribution is 6.32. The van der Waals surface area contributed by atoms with Gasteiger partial charge in [-0.2, -0.15) is 0 Å². The third kappa shape index (κ3) is 14.0. The van der Waals surface area contributed by atoms with E-state index < -0.39 is 119 Å². The molecular weight excluding hydrogens is 1040 g/mol. The predicted molar refractivity (Wildman–Crippen MR) is 284 cm³/mol. The van der Waals surface area contributed by atoms with E-state index in [0.29, 0.717) is 11.9 Å². The minimum absolute atomic E-state index is 0.0137.